The highest BCUT2D eigenvalue weighted by Crippen LogP contribution is 2.25. The van der Waals surface area contributed by atoms with Crippen molar-refractivity contribution in [1.29, 1.82) is 0 Å². The molecule has 1 aliphatic rings. The topological polar surface area (TPSA) is 67.6 Å². The highest BCUT2D eigenvalue weighted by Gasteiger charge is 2.29. The predicted molar refractivity (Wildman–Crippen MR) is 124 cm³/mol. The zero-order valence-corrected chi connectivity index (χ0v) is 19.2. The summed E-state index contributed by atoms with van der Waals surface area (Å²) in [5, 5.41) is 3.32. The second kappa shape index (κ2) is 11.4. The van der Waals surface area contributed by atoms with Crippen molar-refractivity contribution < 1.29 is 13.9 Å². The number of carbonyl (C=O) groups excluding carboxylic acids is 1. The van der Waals surface area contributed by atoms with Crippen LogP contribution < -0.4 is 10.1 Å². The molecule has 30 heavy (non-hydrogen) atoms. The van der Waals surface area contributed by atoms with E-state index >= 15 is 0 Å². The second-order valence-electron chi connectivity index (χ2n) is 6.53. The van der Waals surface area contributed by atoms with Crippen molar-refractivity contribution in [1.82, 2.24) is 15.2 Å². The maximum atomic E-state index is 13.0. The van der Waals surface area contributed by atoms with E-state index < -0.39 is 0 Å². The minimum atomic E-state index is -0.121. The number of piperazine rings is 1. The van der Waals surface area contributed by atoms with Gasteiger partial charge in [0.25, 0.3) is 5.91 Å². The zero-order chi connectivity index (χ0) is 19.3. The Hall–Kier alpha value is -2.06. The van der Waals surface area contributed by atoms with Gasteiger partial charge in [-0.3, -0.25) is 9.78 Å². The van der Waals surface area contributed by atoms with Gasteiger partial charge in [-0.2, -0.15) is 0 Å². The molecule has 0 aliphatic carbocycles. The molecule has 3 heterocycles. The van der Waals surface area contributed by atoms with Crippen molar-refractivity contribution in [2.45, 2.75) is 6.04 Å². The van der Waals surface area contributed by atoms with Gasteiger partial charge in [0.05, 0.1) is 12.2 Å². The molecule has 0 saturated carbocycles. The third kappa shape index (κ3) is 5.76. The van der Waals surface area contributed by atoms with Crippen molar-refractivity contribution in [3.8, 4) is 17.1 Å². The van der Waals surface area contributed by atoms with Gasteiger partial charge in [-0.15, -0.1) is 24.8 Å². The van der Waals surface area contributed by atoms with E-state index in [9.17, 15) is 4.79 Å². The molecule has 160 valence electrons. The SMILES string of the molecule is Cl.Cl.O=C(c1ccc(-c2ccc(Br)cc2)o1)N1CCNCC1COc1cccnc1. The number of benzene rings is 1. The van der Waals surface area contributed by atoms with Crippen molar-refractivity contribution in [2.75, 3.05) is 26.2 Å². The Morgan fingerprint density at radius 1 is 1.20 bits per heavy atom. The number of ether oxygens (including phenoxy) is 1. The van der Waals surface area contributed by atoms with Crippen LogP contribution in [0, 0.1) is 0 Å². The van der Waals surface area contributed by atoms with Gasteiger partial charge in [0, 0.05) is 35.9 Å². The van der Waals surface area contributed by atoms with Crippen LogP contribution in [0.1, 0.15) is 10.6 Å². The number of aromatic nitrogens is 1. The molecule has 0 spiro atoms. The lowest BCUT2D eigenvalue weighted by Crippen LogP contribution is -2.55. The first-order valence-corrected chi connectivity index (χ1v) is 9.90. The average Bonchev–Trinajstić information content (AvgIpc) is 3.23. The zero-order valence-electron chi connectivity index (χ0n) is 16.0. The Balaban J connectivity index is 0.00000160. The van der Waals surface area contributed by atoms with Crippen LogP contribution in [0.4, 0.5) is 0 Å². The van der Waals surface area contributed by atoms with Gasteiger partial charge in [-0.1, -0.05) is 28.1 Å². The van der Waals surface area contributed by atoms with Crippen LogP contribution in [-0.2, 0) is 0 Å². The highest BCUT2D eigenvalue weighted by atomic mass is 79.9. The Morgan fingerprint density at radius 3 is 2.73 bits per heavy atom. The molecule has 9 heteroatoms. The van der Waals surface area contributed by atoms with Gasteiger partial charge in [-0.25, -0.2) is 0 Å². The summed E-state index contributed by atoms with van der Waals surface area (Å²) in [7, 11) is 0. The van der Waals surface area contributed by atoms with Gasteiger partial charge >= 0.3 is 0 Å². The molecule has 1 N–H and O–H groups in total. The fourth-order valence-electron chi connectivity index (χ4n) is 3.17. The quantitative estimate of drug-likeness (QED) is 0.545. The molecule has 0 bridgehead atoms. The standard InChI is InChI=1S/C21H20BrN3O3.2ClH/c22-16-5-3-15(4-6-16)19-7-8-20(28-19)21(26)25-11-10-24-12-17(25)14-27-18-2-1-9-23-13-18;;/h1-9,13,17,24H,10-12,14H2;2*1H. The van der Waals surface area contributed by atoms with Crippen molar-refractivity contribution in [3.05, 3.63) is 71.2 Å². The molecular formula is C21H22BrCl2N3O3. The fourth-order valence-corrected chi connectivity index (χ4v) is 3.43. The van der Waals surface area contributed by atoms with Gasteiger partial charge in [-0.05, 0) is 36.4 Å². The minimum absolute atomic E-state index is 0. The van der Waals surface area contributed by atoms with Crippen LogP contribution in [-0.4, -0.2) is 48.1 Å². The molecule has 1 aliphatic heterocycles. The lowest BCUT2D eigenvalue weighted by molar-refractivity contribution is 0.0529. The molecule has 1 fully saturated rings. The number of halogens is 3. The smallest absolute Gasteiger partial charge is 0.290 e. The molecule has 1 amide bonds. The fraction of sp³-hybridized carbons (Fsp3) is 0.238. The molecule has 1 unspecified atom stereocenters. The van der Waals surface area contributed by atoms with Crippen LogP contribution in [0.25, 0.3) is 11.3 Å². The first kappa shape index (κ1) is 24.2. The summed E-state index contributed by atoms with van der Waals surface area (Å²) >= 11 is 3.42. The lowest BCUT2D eigenvalue weighted by atomic mass is 10.2. The van der Waals surface area contributed by atoms with E-state index in [4.69, 9.17) is 9.15 Å². The molecule has 4 rings (SSSR count). The third-order valence-corrected chi connectivity index (χ3v) is 5.16. The lowest BCUT2D eigenvalue weighted by Gasteiger charge is -2.35. The van der Waals surface area contributed by atoms with E-state index in [2.05, 4.69) is 26.2 Å². The molecule has 3 aromatic rings. The molecular weight excluding hydrogens is 493 g/mol. The summed E-state index contributed by atoms with van der Waals surface area (Å²) in [6, 6.07) is 15.0. The monoisotopic (exact) mass is 513 g/mol. The van der Waals surface area contributed by atoms with E-state index in [1.807, 2.05) is 47.4 Å². The largest absolute Gasteiger partial charge is 0.490 e. The molecule has 2 aromatic heterocycles. The molecule has 1 saturated heterocycles. The number of furan rings is 1. The van der Waals surface area contributed by atoms with E-state index in [1.165, 1.54) is 0 Å². The van der Waals surface area contributed by atoms with Crippen LogP contribution in [0.5, 0.6) is 5.75 Å². The first-order chi connectivity index (χ1) is 13.7. The number of amides is 1. The summed E-state index contributed by atoms with van der Waals surface area (Å²) in [6.45, 7) is 2.42. The summed E-state index contributed by atoms with van der Waals surface area (Å²) < 4.78 is 12.7. The number of nitrogens with zero attached hydrogens (tertiary/aromatic N) is 2. The maximum Gasteiger partial charge on any atom is 0.290 e. The van der Waals surface area contributed by atoms with Gasteiger partial charge in [0.2, 0.25) is 0 Å². The summed E-state index contributed by atoms with van der Waals surface area (Å²) in [6.07, 6.45) is 3.37. The minimum Gasteiger partial charge on any atom is -0.490 e. The predicted octanol–water partition coefficient (Wildman–Crippen LogP) is 4.44. The molecule has 0 radical (unpaired) electrons. The van der Waals surface area contributed by atoms with Crippen LogP contribution in [0.15, 0.2) is 69.8 Å². The summed E-state index contributed by atoms with van der Waals surface area (Å²) in [5.74, 6) is 1.58. The van der Waals surface area contributed by atoms with Crippen LogP contribution >= 0.6 is 40.7 Å². The van der Waals surface area contributed by atoms with E-state index in [0.717, 1.165) is 16.6 Å². The number of hydrogen-bond acceptors (Lipinski definition) is 5. The van der Waals surface area contributed by atoms with Gasteiger partial charge in [0.15, 0.2) is 5.76 Å². The average molecular weight is 515 g/mol. The Bertz CT molecular complexity index is 938. The third-order valence-electron chi connectivity index (χ3n) is 4.63. The number of pyridine rings is 1. The maximum absolute atomic E-state index is 13.0. The Morgan fingerprint density at radius 2 is 2.00 bits per heavy atom. The van der Waals surface area contributed by atoms with Crippen molar-refractivity contribution >= 4 is 46.7 Å². The van der Waals surface area contributed by atoms with Gasteiger partial charge in [0.1, 0.15) is 18.1 Å². The normalized spacial score (nSPS) is 15.6. The number of rotatable bonds is 5. The van der Waals surface area contributed by atoms with Gasteiger partial charge < -0.3 is 19.4 Å². The van der Waals surface area contributed by atoms with Crippen LogP contribution in [0.3, 0.4) is 0 Å². The Labute approximate surface area is 196 Å². The second-order valence-corrected chi connectivity index (χ2v) is 7.44. The summed E-state index contributed by atoms with van der Waals surface area (Å²) in [4.78, 5) is 18.9. The first-order valence-electron chi connectivity index (χ1n) is 9.11. The van der Waals surface area contributed by atoms with Crippen molar-refractivity contribution in [3.63, 3.8) is 0 Å². The van der Waals surface area contributed by atoms with E-state index in [1.54, 1.807) is 18.5 Å². The van der Waals surface area contributed by atoms with E-state index in [-0.39, 0.29) is 36.8 Å². The number of nitrogens with one attached hydrogen (secondary N) is 1. The van der Waals surface area contributed by atoms with Crippen molar-refractivity contribution in [2.24, 2.45) is 0 Å². The van der Waals surface area contributed by atoms with E-state index in [0.29, 0.717) is 37.0 Å². The highest BCUT2D eigenvalue weighted by molar-refractivity contribution is 9.10. The number of carbonyl (C=O) groups is 1. The molecule has 6 nitrogen and oxygen atoms in total. The Kier molecular flexibility index (Phi) is 9.17. The van der Waals surface area contributed by atoms with Crippen LogP contribution in [0.2, 0.25) is 0 Å². The number of hydrogen-bond donors (Lipinski definition) is 1. The molecule has 1 aromatic carbocycles. The summed E-state index contributed by atoms with van der Waals surface area (Å²) in [5.41, 5.74) is 0.930. The molecule has 1 atom stereocenters.